The monoisotopic (exact) mass is 387 g/mol. The first-order chi connectivity index (χ1) is 8.29. The van der Waals surface area contributed by atoms with E-state index in [1.165, 1.54) is 6.20 Å². The van der Waals surface area contributed by atoms with Crippen LogP contribution in [0.4, 0.5) is 9.83 Å². The molecule has 0 bridgehead atoms. The van der Waals surface area contributed by atoms with Crippen LogP contribution in [0.1, 0.15) is 6.42 Å². The van der Waals surface area contributed by atoms with E-state index in [4.69, 9.17) is 0 Å². The van der Waals surface area contributed by atoms with Gasteiger partial charge in [0.25, 0.3) is 5.56 Å². The van der Waals surface area contributed by atoms with Gasteiger partial charge in [0.15, 0.2) is 0 Å². The molecule has 1 aromatic rings. The SMILES string of the molecule is O=C1CC(S(=O)(=O)F)CN1c1ncc(I)c(=O)[nH]1. The number of amides is 1. The molecule has 10 heteroatoms. The molecule has 1 fully saturated rings. The highest BCUT2D eigenvalue weighted by Gasteiger charge is 2.40. The van der Waals surface area contributed by atoms with E-state index >= 15 is 0 Å². The zero-order valence-corrected chi connectivity index (χ0v) is 11.7. The van der Waals surface area contributed by atoms with Crippen molar-refractivity contribution in [2.45, 2.75) is 11.7 Å². The number of hydrogen-bond acceptors (Lipinski definition) is 5. The van der Waals surface area contributed by atoms with Crippen LogP contribution >= 0.6 is 22.6 Å². The predicted octanol–water partition coefficient (Wildman–Crippen LogP) is -0.221. The first kappa shape index (κ1) is 13.4. The molecule has 1 atom stereocenters. The van der Waals surface area contributed by atoms with Crippen LogP contribution < -0.4 is 10.5 Å². The number of carbonyl (C=O) groups is 1. The van der Waals surface area contributed by atoms with E-state index in [0.717, 1.165) is 4.90 Å². The van der Waals surface area contributed by atoms with Crippen molar-refractivity contribution in [3.8, 4) is 0 Å². The lowest BCUT2D eigenvalue weighted by Crippen LogP contribution is -2.30. The van der Waals surface area contributed by atoms with Crippen LogP contribution in [0, 0.1) is 3.57 Å². The zero-order valence-electron chi connectivity index (χ0n) is 8.76. The lowest BCUT2D eigenvalue weighted by molar-refractivity contribution is -0.117. The summed E-state index contributed by atoms with van der Waals surface area (Å²) in [5, 5.41) is -1.41. The molecular formula is C8H7FIN3O4S. The van der Waals surface area contributed by atoms with Crippen LogP contribution in [-0.4, -0.2) is 36.1 Å². The summed E-state index contributed by atoms with van der Waals surface area (Å²) in [7, 11) is -4.78. The van der Waals surface area contributed by atoms with Gasteiger partial charge in [-0.1, -0.05) is 0 Å². The largest absolute Gasteiger partial charge is 0.307 e. The Bertz CT molecular complexity index is 659. The van der Waals surface area contributed by atoms with E-state index in [9.17, 15) is 21.9 Å². The van der Waals surface area contributed by atoms with Crippen molar-refractivity contribution in [3.63, 3.8) is 0 Å². The van der Waals surface area contributed by atoms with Crippen molar-refractivity contribution >= 4 is 44.7 Å². The Hall–Kier alpha value is -1.04. The van der Waals surface area contributed by atoms with Gasteiger partial charge in [0, 0.05) is 19.2 Å². The van der Waals surface area contributed by atoms with E-state index in [1.807, 2.05) is 0 Å². The summed E-state index contributed by atoms with van der Waals surface area (Å²) in [6, 6.07) is 0. The summed E-state index contributed by atoms with van der Waals surface area (Å²) in [6.45, 7) is -0.346. The summed E-state index contributed by atoms with van der Waals surface area (Å²) >= 11 is 1.76. The second kappa shape index (κ2) is 4.57. The van der Waals surface area contributed by atoms with Gasteiger partial charge in [-0.15, -0.1) is 3.89 Å². The molecule has 1 amide bonds. The van der Waals surface area contributed by atoms with E-state index in [0.29, 0.717) is 3.57 Å². The second-order valence-corrected chi connectivity index (χ2v) is 6.47. The molecule has 2 rings (SSSR count). The van der Waals surface area contributed by atoms with Gasteiger partial charge in [-0.3, -0.25) is 19.5 Å². The van der Waals surface area contributed by atoms with Gasteiger partial charge < -0.3 is 0 Å². The quantitative estimate of drug-likeness (QED) is 0.559. The number of H-pyrrole nitrogens is 1. The molecule has 1 aliphatic rings. The number of hydrogen-bond donors (Lipinski definition) is 1. The Morgan fingerprint density at radius 3 is 2.67 bits per heavy atom. The van der Waals surface area contributed by atoms with E-state index in [-0.39, 0.29) is 12.5 Å². The number of anilines is 1. The van der Waals surface area contributed by atoms with E-state index < -0.39 is 33.4 Å². The van der Waals surface area contributed by atoms with Crippen molar-refractivity contribution in [3.05, 3.63) is 20.1 Å². The highest BCUT2D eigenvalue weighted by molar-refractivity contribution is 14.1. The minimum Gasteiger partial charge on any atom is -0.291 e. The number of halogens is 2. The number of aromatic nitrogens is 2. The van der Waals surface area contributed by atoms with Crippen molar-refractivity contribution in [2.24, 2.45) is 0 Å². The fourth-order valence-corrected chi connectivity index (χ4v) is 2.52. The fourth-order valence-electron chi connectivity index (χ4n) is 1.58. The molecular weight excluding hydrogens is 380 g/mol. The van der Waals surface area contributed by atoms with Crippen LogP contribution in [0.25, 0.3) is 0 Å². The van der Waals surface area contributed by atoms with Crippen molar-refractivity contribution < 1.29 is 17.1 Å². The van der Waals surface area contributed by atoms with Gasteiger partial charge in [-0.25, -0.2) is 4.98 Å². The lowest BCUT2D eigenvalue weighted by Gasteiger charge is -2.13. The summed E-state index contributed by atoms with van der Waals surface area (Å²) in [4.78, 5) is 30.0. The van der Waals surface area contributed by atoms with Crippen LogP contribution in [0.5, 0.6) is 0 Å². The number of nitrogens with one attached hydrogen (secondary N) is 1. The van der Waals surface area contributed by atoms with Crippen molar-refractivity contribution in [2.75, 3.05) is 11.4 Å². The van der Waals surface area contributed by atoms with E-state index in [1.54, 1.807) is 22.6 Å². The maximum Gasteiger partial charge on any atom is 0.307 e. The standard InChI is InChI=1S/C8H7FIN3O4S/c9-18(16,17)4-1-6(14)13(3-4)8-11-2-5(10)7(15)12-8/h2,4H,1,3H2,(H,11,12,15). The molecule has 1 aliphatic heterocycles. The molecule has 7 nitrogen and oxygen atoms in total. The molecule has 1 unspecified atom stereocenters. The maximum atomic E-state index is 12.8. The lowest BCUT2D eigenvalue weighted by atomic mass is 10.4. The molecule has 1 N–H and O–H groups in total. The van der Waals surface area contributed by atoms with Gasteiger partial charge in [0.05, 0.1) is 3.57 Å². The van der Waals surface area contributed by atoms with Gasteiger partial charge in [0.1, 0.15) is 5.25 Å². The van der Waals surface area contributed by atoms with E-state index in [2.05, 4.69) is 9.97 Å². The van der Waals surface area contributed by atoms with Crippen molar-refractivity contribution in [1.29, 1.82) is 0 Å². The molecule has 0 saturated carbocycles. The second-order valence-electron chi connectivity index (χ2n) is 3.69. The molecule has 2 heterocycles. The number of aromatic amines is 1. The fraction of sp³-hybridized carbons (Fsp3) is 0.375. The molecule has 0 radical (unpaired) electrons. The summed E-state index contributed by atoms with van der Waals surface area (Å²) in [6.07, 6.45) is 0.799. The molecule has 1 saturated heterocycles. The number of rotatable bonds is 2. The van der Waals surface area contributed by atoms with Crippen LogP contribution in [-0.2, 0) is 15.0 Å². The Morgan fingerprint density at radius 2 is 2.17 bits per heavy atom. The van der Waals surface area contributed by atoms with Gasteiger partial charge in [0.2, 0.25) is 11.9 Å². The Balaban J connectivity index is 2.33. The Kier molecular flexibility index (Phi) is 3.40. The van der Waals surface area contributed by atoms with Gasteiger partial charge in [-0.05, 0) is 22.6 Å². The highest BCUT2D eigenvalue weighted by atomic mass is 127. The zero-order chi connectivity index (χ0) is 13.5. The molecule has 1 aromatic heterocycles. The minimum absolute atomic E-state index is 0.0726. The minimum atomic E-state index is -4.78. The maximum absolute atomic E-state index is 12.8. The Morgan fingerprint density at radius 1 is 1.50 bits per heavy atom. The smallest absolute Gasteiger partial charge is 0.291 e. The van der Waals surface area contributed by atoms with Crippen molar-refractivity contribution in [1.82, 2.24) is 9.97 Å². The van der Waals surface area contributed by atoms with Crippen LogP contribution in [0.2, 0.25) is 0 Å². The summed E-state index contributed by atoms with van der Waals surface area (Å²) in [5.41, 5.74) is -0.444. The number of nitrogens with zero attached hydrogens (tertiary/aromatic N) is 2. The van der Waals surface area contributed by atoms with Gasteiger partial charge >= 0.3 is 10.2 Å². The molecule has 0 aromatic carbocycles. The summed E-state index contributed by atoms with van der Waals surface area (Å²) < 4.78 is 34.6. The third-order valence-electron chi connectivity index (χ3n) is 2.49. The molecule has 0 spiro atoms. The highest BCUT2D eigenvalue weighted by Crippen LogP contribution is 2.22. The van der Waals surface area contributed by atoms with Crippen LogP contribution in [0.3, 0.4) is 0 Å². The average molecular weight is 387 g/mol. The Labute approximate surface area is 115 Å². The first-order valence-corrected chi connectivity index (χ1v) is 7.30. The third kappa shape index (κ3) is 2.53. The molecule has 98 valence electrons. The predicted molar refractivity (Wildman–Crippen MR) is 68.4 cm³/mol. The average Bonchev–Trinajstić information content (AvgIpc) is 2.64. The normalized spacial score (nSPS) is 20.4. The topological polar surface area (TPSA) is 100 Å². The number of carbonyl (C=O) groups excluding carboxylic acids is 1. The third-order valence-corrected chi connectivity index (χ3v) is 4.37. The first-order valence-electron chi connectivity index (χ1n) is 4.77. The summed E-state index contributed by atoms with van der Waals surface area (Å²) in [5.74, 6) is -0.665. The van der Waals surface area contributed by atoms with Gasteiger partial charge in [-0.2, -0.15) is 8.42 Å². The molecule has 0 aliphatic carbocycles. The van der Waals surface area contributed by atoms with Crippen LogP contribution in [0.15, 0.2) is 11.0 Å². The molecule has 18 heavy (non-hydrogen) atoms.